The van der Waals surface area contributed by atoms with Gasteiger partial charge in [-0.05, 0) is 24.4 Å². The molecule has 0 spiro atoms. The second-order valence-corrected chi connectivity index (χ2v) is 5.14. The van der Waals surface area contributed by atoms with Gasteiger partial charge in [0.1, 0.15) is 11.4 Å². The highest BCUT2D eigenvalue weighted by atomic mass is 32.1. The normalized spacial score (nSPS) is 10.9. The van der Waals surface area contributed by atoms with Gasteiger partial charge in [-0.15, -0.1) is 11.3 Å². The highest BCUT2D eigenvalue weighted by Gasteiger charge is 2.09. The summed E-state index contributed by atoms with van der Waals surface area (Å²) in [5, 5.41) is 6.95. The van der Waals surface area contributed by atoms with Crippen molar-refractivity contribution in [2.45, 2.75) is 13.5 Å². The standard InChI is InChI=1S/C12H12N6OS/c1-7-2-3-10(19)18(17-7)6-9-14-11(16-13)8-4-5-20-12(8)15-9/h2-5H,6,13H2,1H3,(H,14,15,16). The third-order valence-corrected chi connectivity index (χ3v) is 3.61. The first kappa shape index (κ1) is 12.7. The van der Waals surface area contributed by atoms with E-state index in [1.807, 2.05) is 18.4 Å². The van der Waals surface area contributed by atoms with Crippen molar-refractivity contribution in [3.05, 3.63) is 45.5 Å². The van der Waals surface area contributed by atoms with Crippen LogP contribution in [0.3, 0.4) is 0 Å². The predicted octanol–water partition coefficient (Wildman–Crippen LogP) is 0.890. The molecule has 20 heavy (non-hydrogen) atoms. The molecular weight excluding hydrogens is 276 g/mol. The maximum absolute atomic E-state index is 11.8. The summed E-state index contributed by atoms with van der Waals surface area (Å²) in [7, 11) is 0. The van der Waals surface area contributed by atoms with Gasteiger partial charge >= 0.3 is 0 Å². The number of anilines is 1. The minimum atomic E-state index is -0.187. The van der Waals surface area contributed by atoms with Crippen molar-refractivity contribution < 1.29 is 0 Å². The van der Waals surface area contributed by atoms with Crippen LogP contribution in [-0.2, 0) is 6.54 Å². The molecule has 8 heteroatoms. The maximum Gasteiger partial charge on any atom is 0.267 e. The molecule has 0 radical (unpaired) electrons. The molecule has 0 amide bonds. The van der Waals surface area contributed by atoms with Gasteiger partial charge in [-0.1, -0.05) is 0 Å². The summed E-state index contributed by atoms with van der Waals surface area (Å²) in [4.78, 5) is 21.3. The fourth-order valence-corrected chi connectivity index (χ4v) is 2.66. The van der Waals surface area contributed by atoms with Crippen LogP contribution in [0.25, 0.3) is 10.2 Å². The number of nitrogen functional groups attached to an aromatic ring is 1. The van der Waals surface area contributed by atoms with Crippen molar-refractivity contribution in [3.63, 3.8) is 0 Å². The Hall–Kier alpha value is -2.32. The number of aryl methyl sites for hydroxylation is 1. The lowest BCUT2D eigenvalue weighted by molar-refractivity contribution is 0.608. The molecule has 0 atom stereocenters. The highest BCUT2D eigenvalue weighted by Crippen LogP contribution is 2.24. The lowest BCUT2D eigenvalue weighted by Gasteiger charge is -2.07. The van der Waals surface area contributed by atoms with Crippen molar-refractivity contribution in [3.8, 4) is 0 Å². The Bertz CT molecular complexity index is 824. The number of aromatic nitrogens is 4. The Kier molecular flexibility index (Phi) is 3.17. The molecule has 0 fully saturated rings. The number of nitrogens with zero attached hydrogens (tertiary/aromatic N) is 4. The van der Waals surface area contributed by atoms with Gasteiger partial charge in [0, 0.05) is 6.07 Å². The molecular formula is C12H12N6OS. The average Bonchev–Trinajstić information content (AvgIpc) is 2.90. The first-order chi connectivity index (χ1) is 9.67. The van der Waals surface area contributed by atoms with Crippen molar-refractivity contribution in [1.82, 2.24) is 19.7 Å². The first-order valence-electron chi connectivity index (χ1n) is 5.93. The molecule has 3 aromatic heterocycles. The van der Waals surface area contributed by atoms with E-state index in [1.54, 1.807) is 6.07 Å². The van der Waals surface area contributed by atoms with Gasteiger partial charge in [0.2, 0.25) is 0 Å². The van der Waals surface area contributed by atoms with Gasteiger partial charge in [-0.3, -0.25) is 4.79 Å². The molecule has 0 aliphatic heterocycles. The lowest BCUT2D eigenvalue weighted by Crippen LogP contribution is -2.24. The molecule has 0 aliphatic carbocycles. The first-order valence-corrected chi connectivity index (χ1v) is 6.81. The Morgan fingerprint density at radius 1 is 1.35 bits per heavy atom. The van der Waals surface area contributed by atoms with E-state index in [0.717, 1.165) is 15.9 Å². The van der Waals surface area contributed by atoms with Crippen molar-refractivity contribution in [2.75, 3.05) is 5.43 Å². The van der Waals surface area contributed by atoms with Crippen molar-refractivity contribution >= 4 is 27.4 Å². The number of thiophene rings is 1. The van der Waals surface area contributed by atoms with Crippen LogP contribution in [0.1, 0.15) is 11.5 Å². The minimum absolute atomic E-state index is 0.187. The number of hydrogen-bond donors (Lipinski definition) is 2. The zero-order chi connectivity index (χ0) is 14.1. The lowest BCUT2D eigenvalue weighted by atomic mass is 10.3. The molecule has 0 unspecified atom stereocenters. The van der Waals surface area contributed by atoms with Gasteiger partial charge < -0.3 is 5.43 Å². The predicted molar refractivity (Wildman–Crippen MR) is 77.6 cm³/mol. The fraction of sp³-hybridized carbons (Fsp3) is 0.167. The molecule has 0 aromatic carbocycles. The zero-order valence-electron chi connectivity index (χ0n) is 10.7. The molecule has 3 heterocycles. The van der Waals surface area contributed by atoms with Crippen LogP contribution in [0.15, 0.2) is 28.4 Å². The molecule has 3 N–H and O–H groups in total. The van der Waals surface area contributed by atoms with Gasteiger partial charge in [0.15, 0.2) is 11.6 Å². The Labute approximate surface area is 118 Å². The summed E-state index contributed by atoms with van der Waals surface area (Å²) >= 11 is 1.49. The summed E-state index contributed by atoms with van der Waals surface area (Å²) in [5.41, 5.74) is 3.13. The Morgan fingerprint density at radius 2 is 2.20 bits per heavy atom. The van der Waals surface area contributed by atoms with E-state index < -0.39 is 0 Å². The monoisotopic (exact) mass is 288 g/mol. The smallest absolute Gasteiger partial charge is 0.267 e. The van der Waals surface area contributed by atoms with Gasteiger partial charge in [-0.2, -0.15) is 5.10 Å². The maximum atomic E-state index is 11.8. The second-order valence-electron chi connectivity index (χ2n) is 4.24. The summed E-state index contributed by atoms with van der Waals surface area (Å²) in [6, 6.07) is 5.05. The topological polar surface area (TPSA) is 98.7 Å². The van der Waals surface area contributed by atoms with Crippen LogP contribution in [0.4, 0.5) is 5.82 Å². The van der Waals surface area contributed by atoms with E-state index in [9.17, 15) is 4.79 Å². The molecule has 7 nitrogen and oxygen atoms in total. The van der Waals surface area contributed by atoms with Gasteiger partial charge in [0.05, 0.1) is 11.1 Å². The summed E-state index contributed by atoms with van der Waals surface area (Å²) in [6.07, 6.45) is 0. The molecule has 0 aliphatic rings. The number of hydrazine groups is 1. The van der Waals surface area contributed by atoms with Crippen LogP contribution < -0.4 is 16.8 Å². The Morgan fingerprint density at radius 3 is 3.00 bits per heavy atom. The van der Waals surface area contributed by atoms with Crippen molar-refractivity contribution in [1.29, 1.82) is 0 Å². The van der Waals surface area contributed by atoms with Crippen LogP contribution in [0.2, 0.25) is 0 Å². The van der Waals surface area contributed by atoms with Gasteiger partial charge in [-0.25, -0.2) is 20.5 Å². The molecule has 3 aromatic rings. The van der Waals surface area contributed by atoms with E-state index in [0.29, 0.717) is 11.6 Å². The number of hydrogen-bond acceptors (Lipinski definition) is 7. The summed E-state index contributed by atoms with van der Waals surface area (Å²) in [6.45, 7) is 2.04. The van der Waals surface area contributed by atoms with E-state index in [1.165, 1.54) is 22.1 Å². The van der Waals surface area contributed by atoms with Crippen molar-refractivity contribution in [2.24, 2.45) is 5.84 Å². The minimum Gasteiger partial charge on any atom is -0.308 e. The molecule has 0 saturated carbocycles. The third kappa shape index (κ3) is 2.26. The third-order valence-electron chi connectivity index (χ3n) is 2.80. The number of fused-ring (bicyclic) bond motifs is 1. The van der Waals surface area contributed by atoms with Crippen LogP contribution in [-0.4, -0.2) is 19.7 Å². The second kappa shape index (κ2) is 4.99. The summed E-state index contributed by atoms with van der Waals surface area (Å²) in [5.74, 6) is 6.51. The van der Waals surface area contributed by atoms with Crippen LogP contribution >= 0.6 is 11.3 Å². The van der Waals surface area contributed by atoms with Crippen LogP contribution in [0, 0.1) is 6.92 Å². The Balaban J connectivity index is 2.06. The number of nitrogens with one attached hydrogen (secondary N) is 1. The molecule has 0 saturated heterocycles. The largest absolute Gasteiger partial charge is 0.308 e. The molecule has 3 rings (SSSR count). The van der Waals surface area contributed by atoms with E-state index in [-0.39, 0.29) is 12.1 Å². The zero-order valence-corrected chi connectivity index (χ0v) is 11.5. The quantitative estimate of drug-likeness (QED) is 0.548. The average molecular weight is 288 g/mol. The van der Waals surface area contributed by atoms with E-state index in [4.69, 9.17) is 5.84 Å². The number of rotatable bonds is 3. The molecule has 102 valence electrons. The fourth-order valence-electron chi connectivity index (χ4n) is 1.88. The number of nitrogens with two attached hydrogens (primary N) is 1. The molecule has 0 bridgehead atoms. The highest BCUT2D eigenvalue weighted by molar-refractivity contribution is 7.16. The van der Waals surface area contributed by atoms with Gasteiger partial charge in [0.25, 0.3) is 5.56 Å². The SMILES string of the molecule is Cc1ccc(=O)n(Cc2nc(NN)c3ccsc3n2)n1. The van der Waals surface area contributed by atoms with Crippen LogP contribution in [0.5, 0.6) is 0 Å². The summed E-state index contributed by atoms with van der Waals surface area (Å²) < 4.78 is 1.34. The van der Waals surface area contributed by atoms with E-state index in [2.05, 4.69) is 20.5 Å². The van der Waals surface area contributed by atoms with E-state index >= 15 is 0 Å².